The highest BCUT2D eigenvalue weighted by molar-refractivity contribution is 5.77. The molecule has 1 saturated heterocycles. The molecule has 0 radical (unpaired) electrons. The molecule has 2 aromatic rings. The van der Waals surface area contributed by atoms with E-state index in [0.29, 0.717) is 49.6 Å². The number of benzene rings is 1. The Kier molecular flexibility index (Phi) is 7.89. The number of hydrogen-bond donors (Lipinski definition) is 2. The maximum absolute atomic E-state index is 13.0. The van der Waals surface area contributed by atoms with Gasteiger partial charge < -0.3 is 20.5 Å². The molecule has 0 aliphatic carbocycles. The number of primary amides is 1. The third-order valence-corrected chi connectivity index (χ3v) is 5.25. The summed E-state index contributed by atoms with van der Waals surface area (Å²) in [5, 5.41) is 6.81. The topological polar surface area (TPSA) is 114 Å². The van der Waals surface area contributed by atoms with Crippen LogP contribution in [0.4, 0.5) is 4.39 Å². The average Bonchev–Trinajstić information content (AvgIpc) is 3.21. The summed E-state index contributed by atoms with van der Waals surface area (Å²) in [6.07, 6.45) is 4.17. The fourth-order valence-corrected chi connectivity index (χ4v) is 3.58. The minimum Gasteiger partial charge on any atom is -0.369 e. The highest BCUT2D eigenvalue weighted by Crippen LogP contribution is 2.17. The Morgan fingerprint density at radius 2 is 2.07 bits per heavy atom. The molecule has 2 amide bonds. The van der Waals surface area contributed by atoms with Crippen molar-refractivity contribution in [1.29, 1.82) is 0 Å². The summed E-state index contributed by atoms with van der Waals surface area (Å²) in [5.74, 6) is 0.254. The van der Waals surface area contributed by atoms with Crippen LogP contribution in [0, 0.1) is 11.7 Å². The van der Waals surface area contributed by atoms with Crippen molar-refractivity contribution in [3.63, 3.8) is 0 Å². The van der Waals surface area contributed by atoms with Crippen molar-refractivity contribution in [2.24, 2.45) is 11.7 Å². The first-order chi connectivity index (χ1) is 14.5. The smallest absolute Gasteiger partial charge is 0.226 e. The predicted octanol–water partition coefficient (Wildman–Crippen LogP) is 1.90. The Labute approximate surface area is 175 Å². The molecule has 9 heteroatoms. The maximum atomic E-state index is 13.0. The second kappa shape index (κ2) is 10.8. The van der Waals surface area contributed by atoms with E-state index in [9.17, 15) is 14.0 Å². The Bertz CT molecular complexity index is 839. The van der Waals surface area contributed by atoms with Gasteiger partial charge in [0, 0.05) is 31.5 Å². The SMILES string of the molecule is NC(=O)C1CCCN(CCCNC(=O)CCCc2nc(-c3ccc(F)cc3)no2)C1. The molecule has 1 aromatic heterocycles. The van der Waals surface area contributed by atoms with E-state index in [4.69, 9.17) is 10.3 Å². The number of amides is 2. The van der Waals surface area contributed by atoms with Crippen LogP contribution in [0.1, 0.15) is 38.0 Å². The molecule has 1 atom stereocenters. The van der Waals surface area contributed by atoms with Crippen molar-refractivity contribution in [2.45, 2.75) is 38.5 Å². The highest BCUT2D eigenvalue weighted by Gasteiger charge is 2.23. The van der Waals surface area contributed by atoms with E-state index < -0.39 is 0 Å². The van der Waals surface area contributed by atoms with E-state index in [1.165, 1.54) is 12.1 Å². The van der Waals surface area contributed by atoms with Gasteiger partial charge in [0.05, 0.1) is 5.92 Å². The Morgan fingerprint density at radius 3 is 2.83 bits per heavy atom. The van der Waals surface area contributed by atoms with E-state index in [2.05, 4.69) is 20.4 Å². The molecule has 1 aliphatic rings. The lowest BCUT2D eigenvalue weighted by molar-refractivity contribution is -0.123. The van der Waals surface area contributed by atoms with Gasteiger partial charge in [0.2, 0.25) is 23.5 Å². The van der Waals surface area contributed by atoms with Crippen LogP contribution in [0.25, 0.3) is 11.4 Å². The van der Waals surface area contributed by atoms with Gasteiger partial charge in [-0.05, 0) is 63.0 Å². The molecule has 3 rings (SSSR count). The first-order valence-corrected chi connectivity index (χ1v) is 10.4. The van der Waals surface area contributed by atoms with Crippen LogP contribution in [0.5, 0.6) is 0 Å². The molecule has 2 heterocycles. The fourth-order valence-electron chi connectivity index (χ4n) is 3.58. The van der Waals surface area contributed by atoms with Crippen molar-refractivity contribution in [3.8, 4) is 11.4 Å². The largest absolute Gasteiger partial charge is 0.369 e. The second-order valence-electron chi connectivity index (χ2n) is 7.62. The number of likely N-dealkylation sites (tertiary alicyclic amines) is 1. The van der Waals surface area contributed by atoms with Crippen LogP contribution < -0.4 is 11.1 Å². The lowest BCUT2D eigenvalue weighted by Gasteiger charge is -2.31. The fraction of sp³-hybridized carbons (Fsp3) is 0.524. The standard InChI is InChI=1S/C21H28FN5O3/c22-17-9-7-15(8-10-17)21-25-19(30-26-21)6-1-5-18(28)24-11-3-13-27-12-2-4-16(14-27)20(23)29/h7-10,16H,1-6,11-14H2,(H2,23,29)(H,24,28). The van der Waals surface area contributed by atoms with Crippen molar-refractivity contribution in [3.05, 3.63) is 36.0 Å². The van der Waals surface area contributed by atoms with Crippen LogP contribution in [0.3, 0.4) is 0 Å². The summed E-state index contributed by atoms with van der Waals surface area (Å²) in [6, 6.07) is 5.87. The molecule has 1 aliphatic heterocycles. The maximum Gasteiger partial charge on any atom is 0.226 e. The lowest BCUT2D eigenvalue weighted by atomic mass is 9.97. The zero-order valence-corrected chi connectivity index (χ0v) is 17.0. The lowest BCUT2D eigenvalue weighted by Crippen LogP contribution is -2.42. The number of hydrogen-bond acceptors (Lipinski definition) is 6. The first kappa shape index (κ1) is 21.9. The molecule has 8 nitrogen and oxygen atoms in total. The number of piperidine rings is 1. The first-order valence-electron chi connectivity index (χ1n) is 10.4. The van der Waals surface area contributed by atoms with Gasteiger partial charge in [-0.15, -0.1) is 0 Å². The van der Waals surface area contributed by atoms with E-state index in [1.54, 1.807) is 12.1 Å². The molecule has 3 N–H and O–H groups in total. The minimum absolute atomic E-state index is 0.0121. The molecule has 0 spiro atoms. The van der Waals surface area contributed by atoms with Crippen LogP contribution in [0.2, 0.25) is 0 Å². The van der Waals surface area contributed by atoms with Gasteiger partial charge in [-0.3, -0.25) is 9.59 Å². The van der Waals surface area contributed by atoms with Crippen molar-refractivity contribution in [2.75, 3.05) is 26.2 Å². The van der Waals surface area contributed by atoms with Gasteiger partial charge in [-0.1, -0.05) is 5.16 Å². The zero-order valence-electron chi connectivity index (χ0n) is 17.0. The highest BCUT2D eigenvalue weighted by atomic mass is 19.1. The number of aryl methyl sites for hydroxylation is 1. The van der Waals surface area contributed by atoms with Crippen LogP contribution in [-0.4, -0.2) is 53.0 Å². The van der Waals surface area contributed by atoms with Gasteiger partial charge in [0.15, 0.2) is 0 Å². The molecule has 1 fully saturated rings. The molecular formula is C21H28FN5O3. The number of nitrogens with two attached hydrogens (primary N) is 1. The number of aromatic nitrogens is 2. The van der Waals surface area contributed by atoms with Crippen molar-refractivity contribution < 1.29 is 18.5 Å². The van der Waals surface area contributed by atoms with Gasteiger partial charge in [0.25, 0.3) is 0 Å². The molecule has 1 aromatic carbocycles. The van der Waals surface area contributed by atoms with Gasteiger partial charge in [-0.2, -0.15) is 4.98 Å². The number of rotatable bonds is 10. The van der Waals surface area contributed by atoms with Gasteiger partial charge >= 0.3 is 0 Å². The molecule has 162 valence electrons. The molecular weight excluding hydrogens is 389 g/mol. The van der Waals surface area contributed by atoms with Crippen LogP contribution in [-0.2, 0) is 16.0 Å². The molecule has 1 unspecified atom stereocenters. The van der Waals surface area contributed by atoms with Crippen LogP contribution in [0.15, 0.2) is 28.8 Å². The minimum atomic E-state index is -0.320. The summed E-state index contributed by atoms with van der Waals surface area (Å²) in [4.78, 5) is 29.8. The normalized spacial score (nSPS) is 17.0. The summed E-state index contributed by atoms with van der Waals surface area (Å²) in [5.41, 5.74) is 6.08. The quantitative estimate of drug-likeness (QED) is 0.571. The third kappa shape index (κ3) is 6.62. The summed E-state index contributed by atoms with van der Waals surface area (Å²) in [6.45, 7) is 3.14. The number of nitrogens with one attached hydrogen (secondary N) is 1. The number of carbonyl (C=O) groups is 2. The van der Waals surface area contributed by atoms with E-state index in [-0.39, 0.29) is 23.5 Å². The van der Waals surface area contributed by atoms with Gasteiger partial charge in [-0.25, -0.2) is 4.39 Å². The van der Waals surface area contributed by atoms with Crippen LogP contribution >= 0.6 is 0 Å². The summed E-state index contributed by atoms with van der Waals surface area (Å²) >= 11 is 0. The van der Waals surface area contributed by atoms with Crippen molar-refractivity contribution in [1.82, 2.24) is 20.4 Å². The third-order valence-electron chi connectivity index (χ3n) is 5.25. The van der Waals surface area contributed by atoms with E-state index in [0.717, 1.165) is 32.4 Å². The zero-order chi connectivity index (χ0) is 21.3. The summed E-state index contributed by atoms with van der Waals surface area (Å²) < 4.78 is 18.2. The van der Waals surface area contributed by atoms with E-state index in [1.807, 2.05) is 0 Å². The van der Waals surface area contributed by atoms with E-state index >= 15 is 0 Å². The monoisotopic (exact) mass is 417 g/mol. The second-order valence-corrected chi connectivity index (χ2v) is 7.62. The Balaban J connectivity index is 1.29. The average molecular weight is 417 g/mol. The Morgan fingerprint density at radius 1 is 1.27 bits per heavy atom. The number of nitrogens with zero attached hydrogens (tertiary/aromatic N) is 3. The van der Waals surface area contributed by atoms with Gasteiger partial charge in [0.1, 0.15) is 5.82 Å². The van der Waals surface area contributed by atoms with Crippen molar-refractivity contribution >= 4 is 11.8 Å². The Hall–Kier alpha value is -2.81. The summed E-state index contributed by atoms with van der Waals surface area (Å²) in [7, 11) is 0. The number of halogens is 1. The molecule has 0 bridgehead atoms. The molecule has 0 saturated carbocycles. The molecule has 30 heavy (non-hydrogen) atoms. The predicted molar refractivity (Wildman–Crippen MR) is 109 cm³/mol. The number of carbonyl (C=O) groups excluding carboxylic acids is 2.